The predicted molar refractivity (Wildman–Crippen MR) is 72.6 cm³/mol. The first-order valence-electron chi connectivity index (χ1n) is 6.25. The minimum absolute atomic E-state index is 0.146. The average molecular weight is 314 g/mol. The first kappa shape index (κ1) is 15.4. The molecule has 1 aromatic carbocycles. The van der Waals surface area contributed by atoms with E-state index in [9.17, 15) is 23.3 Å². The number of carboxylic acid groups (broad SMARTS) is 1. The van der Waals surface area contributed by atoms with Gasteiger partial charge in [0.1, 0.15) is 0 Å². The van der Waals surface area contributed by atoms with Gasteiger partial charge in [-0.1, -0.05) is 6.42 Å². The van der Waals surface area contributed by atoms with Crippen molar-refractivity contribution in [1.82, 2.24) is 4.31 Å². The highest BCUT2D eigenvalue weighted by Gasteiger charge is 2.34. The molecule has 0 aliphatic heterocycles. The summed E-state index contributed by atoms with van der Waals surface area (Å²) >= 11 is 0. The maximum Gasteiger partial charge on any atom is 0.337 e. The second kappa shape index (κ2) is 5.41. The van der Waals surface area contributed by atoms with Crippen LogP contribution < -0.4 is 0 Å². The summed E-state index contributed by atoms with van der Waals surface area (Å²) in [5, 5.41) is 19.8. The standard InChI is InChI=1S/C12H14N2O6S/c1-13(8-3-2-4-8)21(19,20)11-6-5-9(14(17)18)7-10(11)12(15)16/h5-8H,2-4H2,1H3,(H,15,16). The van der Waals surface area contributed by atoms with Crippen molar-refractivity contribution in [3.63, 3.8) is 0 Å². The van der Waals surface area contributed by atoms with Crippen LogP contribution in [0.3, 0.4) is 0 Å². The molecule has 0 saturated heterocycles. The van der Waals surface area contributed by atoms with Crippen molar-refractivity contribution in [1.29, 1.82) is 0 Å². The third-order valence-corrected chi connectivity index (χ3v) is 5.62. The summed E-state index contributed by atoms with van der Waals surface area (Å²) in [7, 11) is -2.59. The van der Waals surface area contributed by atoms with Gasteiger partial charge in [0.15, 0.2) is 0 Å². The van der Waals surface area contributed by atoms with Crippen LogP contribution >= 0.6 is 0 Å². The van der Waals surface area contributed by atoms with Crippen LogP contribution in [-0.2, 0) is 10.0 Å². The van der Waals surface area contributed by atoms with Crippen molar-refractivity contribution in [2.24, 2.45) is 0 Å². The molecular weight excluding hydrogens is 300 g/mol. The molecule has 1 aliphatic rings. The molecule has 21 heavy (non-hydrogen) atoms. The van der Waals surface area contributed by atoms with Gasteiger partial charge in [-0.3, -0.25) is 10.1 Å². The number of sulfonamides is 1. The van der Waals surface area contributed by atoms with Gasteiger partial charge in [-0.15, -0.1) is 0 Å². The molecule has 0 radical (unpaired) electrons. The Morgan fingerprint density at radius 2 is 2.05 bits per heavy atom. The Kier molecular flexibility index (Phi) is 3.97. The largest absolute Gasteiger partial charge is 0.478 e. The molecule has 0 heterocycles. The zero-order valence-electron chi connectivity index (χ0n) is 11.2. The Hall–Kier alpha value is -2.00. The maximum atomic E-state index is 12.5. The van der Waals surface area contributed by atoms with Crippen molar-refractivity contribution >= 4 is 21.7 Å². The Balaban J connectivity index is 2.51. The van der Waals surface area contributed by atoms with E-state index in [0.29, 0.717) is 0 Å². The van der Waals surface area contributed by atoms with E-state index < -0.39 is 37.1 Å². The summed E-state index contributed by atoms with van der Waals surface area (Å²) in [6.45, 7) is 0. The van der Waals surface area contributed by atoms with E-state index in [0.717, 1.165) is 41.8 Å². The zero-order valence-corrected chi connectivity index (χ0v) is 12.0. The Morgan fingerprint density at radius 3 is 2.48 bits per heavy atom. The molecular formula is C12H14N2O6S. The number of nitro groups is 1. The molecule has 1 fully saturated rings. The summed E-state index contributed by atoms with van der Waals surface area (Å²) in [5.41, 5.74) is -1.05. The first-order chi connectivity index (χ1) is 9.75. The Bertz CT molecular complexity index is 696. The van der Waals surface area contributed by atoms with E-state index in [1.54, 1.807) is 0 Å². The molecule has 0 unspecified atom stereocenters. The second-order valence-corrected chi connectivity index (χ2v) is 6.81. The Labute approximate surface area is 121 Å². The summed E-state index contributed by atoms with van der Waals surface area (Å²) in [4.78, 5) is 20.7. The predicted octanol–water partition coefficient (Wildman–Crippen LogP) is 1.47. The number of aromatic carboxylic acids is 1. The Morgan fingerprint density at radius 1 is 1.43 bits per heavy atom. The van der Waals surface area contributed by atoms with Crippen molar-refractivity contribution in [2.45, 2.75) is 30.2 Å². The van der Waals surface area contributed by atoms with E-state index in [4.69, 9.17) is 5.11 Å². The third kappa shape index (κ3) is 2.74. The number of carbonyl (C=O) groups is 1. The van der Waals surface area contributed by atoms with Gasteiger partial charge in [0, 0.05) is 25.2 Å². The van der Waals surface area contributed by atoms with Crippen LogP contribution in [0.25, 0.3) is 0 Å². The molecule has 0 spiro atoms. The van der Waals surface area contributed by atoms with E-state index >= 15 is 0 Å². The number of carboxylic acids is 1. The lowest BCUT2D eigenvalue weighted by molar-refractivity contribution is -0.384. The van der Waals surface area contributed by atoms with Crippen LogP contribution in [0.15, 0.2) is 23.1 Å². The van der Waals surface area contributed by atoms with Crippen LogP contribution in [0.4, 0.5) is 5.69 Å². The topological polar surface area (TPSA) is 118 Å². The van der Waals surface area contributed by atoms with Crippen molar-refractivity contribution < 1.29 is 23.2 Å². The van der Waals surface area contributed by atoms with E-state index in [2.05, 4.69) is 0 Å². The molecule has 0 amide bonds. The minimum atomic E-state index is -3.99. The lowest BCUT2D eigenvalue weighted by atomic mass is 9.94. The fraction of sp³-hybridized carbons (Fsp3) is 0.417. The molecule has 9 heteroatoms. The van der Waals surface area contributed by atoms with Gasteiger partial charge in [0.2, 0.25) is 10.0 Å². The monoisotopic (exact) mass is 314 g/mol. The molecule has 1 N–H and O–H groups in total. The molecule has 0 bridgehead atoms. The van der Waals surface area contributed by atoms with Gasteiger partial charge in [-0.05, 0) is 18.9 Å². The molecule has 0 atom stereocenters. The summed E-state index contributed by atoms with van der Waals surface area (Å²) in [6, 6.07) is 2.59. The third-order valence-electron chi connectivity index (χ3n) is 3.65. The summed E-state index contributed by atoms with van der Waals surface area (Å²) in [6.07, 6.45) is 2.38. The number of nitro benzene ring substituents is 1. The van der Waals surface area contributed by atoms with Crippen molar-refractivity contribution in [3.05, 3.63) is 33.9 Å². The molecule has 1 saturated carbocycles. The van der Waals surface area contributed by atoms with Crippen molar-refractivity contribution in [3.8, 4) is 0 Å². The highest BCUT2D eigenvalue weighted by Crippen LogP contribution is 2.31. The lowest BCUT2D eigenvalue weighted by Crippen LogP contribution is -2.41. The van der Waals surface area contributed by atoms with Gasteiger partial charge in [0.25, 0.3) is 5.69 Å². The first-order valence-corrected chi connectivity index (χ1v) is 7.69. The number of hydrogen-bond donors (Lipinski definition) is 1. The van der Waals surface area contributed by atoms with Gasteiger partial charge in [-0.25, -0.2) is 13.2 Å². The van der Waals surface area contributed by atoms with Crippen LogP contribution in [0, 0.1) is 10.1 Å². The molecule has 114 valence electrons. The number of nitrogens with zero attached hydrogens (tertiary/aromatic N) is 2. The number of benzene rings is 1. The fourth-order valence-electron chi connectivity index (χ4n) is 2.13. The highest BCUT2D eigenvalue weighted by molar-refractivity contribution is 7.89. The molecule has 0 aromatic heterocycles. The minimum Gasteiger partial charge on any atom is -0.478 e. The lowest BCUT2D eigenvalue weighted by Gasteiger charge is -2.33. The van der Waals surface area contributed by atoms with Gasteiger partial charge >= 0.3 is 5.97 Å². The van der Waals surface area contributed by atoms with Gasteiger partial charge < -0.3 is 5.11 Å². The SMILES string of the molecule is CN(C1CCC1)S(=O)(=O)c1ccc([N+](=O)[O-])cc1C(=O)O. The van der Waals surface area contributed by atoms with Gasteiger partial charge in [0.05, 0.1) is 15.4 Å². The summed E-state index contributed by atoms with van der Waals surface area (Å²) < 4.78 is 26.1. The van der Waals surface area contributed by atoms with Crippen LogP contribution in [0.2, 0.25) is 0 Å². The van der Waals surface area contributed by atoms with E-state index in [1.807, 2.05) is 0 Å². The van der Waals surface area contributed by atoms with Gasteiger partial charge in [-0.2, -0.15) is 4.31 Å². The molecule has 2 rings (SSSR count). The van der Waals surface area contributed by atoms with Crippen LogP contribution in [0.5, 0.6) is 0 Å². The average Bonchev–Trinajstić information content (AvgIpc) is 2.35. The van der Waals surface area contributed by atoms with Crippen molar-refractivity contribution in [2.75, 3.05) is 7.05 Å². The zero-order chi connectivity index (χ0) is 15.8. The van der Waals surface area contributed by atoms with Crippen LogP contribution in [0.1, 0.15) is 29.6 Å². The number of non-ortho nitro benzene ring substituents is 1. The van der Waals surface area contributed by atoms with E-state index in [1.165, 1.54) is 7.05 Å². The highest BCUT2D eigenvalue weighted by atomic mass is 32.2. The summed E-state index contributed by atoms with van der Waals surface area (Å²) in [5.74, 6) is -1.51. The van der Waals surface area contributed by atoms with E-state index in [-0.39, 0.29) is 6.04 Å². The molecule has 1 aromatic rings. The normalized spacial score (nSPS) is 15.7. The fourth-order valence-corrected chi connectivity index (χ4v) is 3.70. The second-order valence-electron chi connectivity index (χ2n) is 4.85. The smallest absolute Gasteiger partial charge is 0.337 e. The quantitative estimate of drug-likeness (QED) is 0.649. The molecule has 8 nitrogen and oxygen atoms in total. The van der Waals surface area contributed by atoms with Crippen LogP contribution in [-0.4, -0.2) is 41.8 Å². The number of hydrogen-bond acceptors (Lipinski definition) is 5. The molecule has 1 aliphatic carbocycles. The maximum absolute atomic E-state index is 12.5. The number of rotatable bonds is 5.